The Hall–Kier alpha value is -2.43. The number of carbonyl (C=O) groups excluding carboxylic acids is 1. The topological polar surface area (TPSA) is 54.0 Å². The fourth-order valence-electron chi connectivity index (χ4n) is 1.90. The van der Waals surface area contributed by atoms with Crippen LogP contribution in [0.5, 0.6) is 0 Å². The number of hydrogen-bond acceptors (Lipinski definition) is 3. The number of benzene rings is 1. The molecule has 0 bridgehead atoms. The maximum Gasteiger partial charge on any atom is 0.256 e. The Morgan fingerprint density at radius 3 is 2.73 bits per heavy atom. The molecule has 2 N–H and O–H groups in total. The average molecular weight is 301 g/mol. The molecule has 0 aliphatic carbocycles. The summed E-state index contributed by atoms with van der Waals surface area (Å²) < 4.78 is 13.1. The van der Waals surface area contributed by atoms with Crippen molar-refractivity contribution in [3.05, 3.63) is 54.0 Å². The van der Waals surface area contributed by atoms with Gasteiger partial charge in [0.1, 0.15) is 11.6 Å². The van der Waals surface area contributed by atoms with E-state index in [1.54, 1.807) is 18.3 Å². The number of nitrogens with zero attached hydrogens (tertiary/aromatic N) is 1. The van der Waals surface area contributed by atoms with Crippen LogP contribution in [0.15, 0.2) is 42.6 Å². The first-order valence-electron chi connectivity index (χ1n) is 7.31. The number of pyridine rings is 1. The van der Waals surface area contributed by atoms with Gasteiger partial charge in [-0.05, 0) is 42.7 Å². The van der Waals surface area contributed by atoms with Gasteiger partial charge in [-0.25, -0.2) is 9.37 Å². The molecule has 0 aliphatic rings. The average Bonchev–Trinajstić information content (AvgIpc) is 2.48. The first-order valence-corrected chi connectivity index (χ1v) is 7.31. The van der Waals surface area contributed by atoms with Crippen LogP contribution >= 0.6 is 0 Å². The summed E-state index contributed by atoms with van der Waals surface area (Å²) >= 11 is 0. The fraction of sp³-hybridized carbons (Fsp3) is 0.294. The summed E-state index contributed by atoms with van der Waals surface area (Å²) in [4.78, 5) is 16.1. The van der Waals surface area contributed by atoms with Crippen LogP contribution in [-0.4, -0.2) is 17.4 Å². The summed E-state index contributed by atoms with van der Waals surface area (Å²) in [6.45, 7) is 5.23. The monoisotopic (exact) mass is 301 g/mol. The van der Waals surface area contributed by atoms with Crippen molar-refractivity contribution in [2.45, 2.75) is 20.3 Å². The lowest BCUT2D eigenvalue weighted by atomic mass is 10.1. The highest BCUT2D eigenvalue weighted by atomic mass is 19.1. The number of anilines is 2. The number of carbonyl (C=O) groups is 1. The number of halogens is 1. The highest BCUT2D eigenvalue weighted by Gasteiger charge is 2.07. The Balaban J connectivity index is 1.92. The molecule has 0 atom stereocenters. The number of aromatic nitrogens is 1. The second kappa shape index (κ2) is 7.54. The molecule has 1 amide bonds. The molecule has 0 fully saturated rings. The molecular formula is C17H20FN3O. The lowest BCUT2D eigenvalue weighted by molar-refractivity contribution is 0.102. The van der Waals surface area contributed by atoms with Gasteiger partial charge in [0.25, 0.3) is 5.91 Å². The molecular weight excluding hydrogens is 281 g/mol. The van der Waals surface area contributed by atoms with E-state index in [4.69, 9.17) is 0 Å². The predicted molar refractivity (Wildman–Crippen MR) is 86.5 cm³/mol. The van der Waals surface area contributed by atoms with Gasteiger partial charge in [-0.15, -0.1) is 0 Å². The van der Waals surface area contributed by atoms with Crippen LogP contribution in [0.2, 0.25) is 0 Å². The Labute approximate surface area is 129 Å². The highest BCUT2D eigenvalue weighted by Crippen LogP contribution is 2.12. The second-order valence-electron chi connectivity index (χ2n) is 5.51. The predicted octanol–water partition coefficient (Wildman–Crippen LogP) is 3.93. The minimum absolute atomic E-state index is 0.265. The quantitative estimate of drug-likeness (QED) is 0.850. The molecule has 1 aromatic carbocycles. The number of nitrogens with one attached hydrogen (secondary N) is 2. The van der Waals surface area contributed by atoms with Crippen molar-refractivity contribution >= 4 is 17.4 Å². The minimum atomic E-state index is -0.440. The molecule has 1 aromatic heterocycles. The van der Waals surface area contributed by atoms with E-state index in [1.165, 1.54) is 18.2 Å². The van der Waals surface area contributed by atoms with Gasteiger partial charge in [0.05, 0.1) is 11.9 Å². The molecule has 0 saturated heterocycles. The van der Waals surface area contributed by atoms with Crippen molar-refractivity contribution in [2.24, 2.45) is 5.92 Å². The van der Waals surface area contributed by atoms with Crippen molar-refractivity contribution in [3.8, 4) is 0 Å². The van der Waals surface area contributed by atoms with E-state index in [9.17, 15) is 9.18 Å². The van der Waals surface area contributed by atoms with Gasteiger partial charge in [-0.1, -0.05) is 19.9 Å². The zero-order valence-corrected chi connectivity index (χ0v) is 12.8. The van der Waals surface area contributed by atoms with Gasteiger partial charge in [0.2, 0.25) is 0 Å². The van der Waals surface area contributed by atoms with E-state index in [-0.39, 0.29) is 11.5 Å². The zero-order chi connectivity index (χ0) is 15.9. The molecule has 4 nitrogen and oxygen atoms in total. The summed E-state index contributed by atoms with van der Waals surface area (Å²) in [7, 11) is 0. The van der Waals surface area contributed by atoms with E-state index < -0.39 is 5.82 Å². The molecule has 2 rings (SSSR count). The first-order chi connectivity index (χ1) is 10.5. The van der Waals surface area contributed by atoms with Crippen LogP contribution in [-0.2, 0) is 0 Å². The van der Waals surface area contributed by atoms with Crippen LogP contribution in [0.25, 0.3) is 0 Å². The normalized spacial score (nSPS) is 10.5. The van der Waals surface area contributed by atoms with E-state index >= 15 is 0 Å². The summed E-state index contributed by atoms with van der Waals surface area (Å²) in [6.07, 6.45) is 2.75. The van der Waals surface area contributed by atoms with Crippen molar-refractivity contribution < 1.29 is 9.18 Å². The van der Waals surface area contributed by atoms with Crippen molar-refractivity contribution in [1.82, 2.24) is 4.98 Å². The van der Waals surface area contributed by atoms with Crippen molar-refractivity contribution in [3.63, 3.8) is 0 Å². The molecule has 0 spiro atoms. The van der Waals surface area contributed by atoms with E-state index in [1.807, 2.05) is 6.07 Å². The highest BCUT2D eigenvalue weighted by molar-refractivity contribution is 6.03. The molecule has 116 valence electrons. The summed E-state index contributed by atoms with van der Waals surface area (Å²) in [6, 6.07) is 9.12. The minimum Gasteiger partial charge on any atom is -0.384 e. The fourth-order valence-corrected chi connectivity index (χ4v) is 1.90. The van der Waals surface area contributed by atoms with Gasteiger partial charge in [-0.3, -0.25) is 4.79 Å². The van der Waals surface area contributed by atoms with Crippen LogP contribution in [0, 0.1) is 11.7 Å². The largest absolute Gasteiger partial charge is 0.384 e. The summed E-state index contributed by atoms with van der Waals surface area (Å²) in [5, 5.41) is 5.91. The third-order valence-corrected chi connectivity index (χ3v) is 3.14. The van der Waals surface area contributed by atoms with Gasteiger partial charge in [-0.2, -0.15) is 0 Å². The molecule has 0 unspecified atom stereocenters. The van der Waals surface area contributed by atoms with Crippen LogP contribution < -0.4 is 10.6 Å². The molecule has 2 aromatic rings. The van der Waals surface area contributed by atoms with Gasteiger partial charge in [0.15, 0.2) is 0 Å². The van der Waals surface area contributed by atoms with E-state index in [0.29, 0.717) is 11.7 Å². The van der Waals surface area contributed by atoms with E-state index in [2.05, 4.69) is 29.5 Å². The van der Waals surface area contributed by atoms with Gasteiger partial charge < -0.3 is 10.6 Å². The first kappa shape index (κ1) is 15.9. The van der Waals surface area contributed by atoms with Crippen LogP contribution in [0.4, 0.5) is 15.9 Å². The van der Waals surface area contributed by atoms with E-state index in [0.717, 1.165) is 18.7 Å². The molecule has 22 heavy (non-hydrogen) atoms. The third-order valence-electron chi connectivity index (χ3n) is 3.14. The van der Waals surface area contributed by atoms with Crippen molar-refractivity contribution in [1.29, 1.82) is 0 Å². The van der Waals surface area contributed by atoms with Crippen molar-refractivity contribution in [2.75, 3.05) is 17.2 Å². The van der Waals surface area contributed by atoms with Crippen LogP contribution in [0.1, 0.15) is 30.6 Å². The SMILES string of the molecule is CC(C)CCNc1ccc(NC(=O)c2cccc(F)c2)nc1. The Morgan fingerprint density at radius 1 is 1.27 bits per heavy atom. The lowest BCUT2D eigenvalue weighted by Crippen LogP contribution is -2.13. The second-order valence-corrected chi connectivity index (χ2v) is 5.51. The molecule has 5 heteroatoms. The Kier molecular flexibility index (Phi) is 5.47. The third kappa shape index (κ3) is 4.84. The number of amides is 1. The number of hydrogen-bond donors (Lipinski definition) is 2. The van der Waals surface area contributed by atoms with Crippen LogP contribution in [0.3, 0.4) is 0 Å². The molecule has 0 aliphatic heterocycles. The maximum absolute atomic E-state index is 13.1. The number of rotatable bonds is 6. The molecule has 0 saturated carbocycles. The van der Waals surface area contributed by atoms with Gasteiger partial charge >= 0.3 is 0 Å². The molecule has 1 heterocycles. The summed E-state index contributed by atoms with van der Waals surface area (Å²) in [5.74, 6) is 0.256. The summed E-state index contributed by atoms with van der Waals surface area (Å²) in [5.41, 5.74) is 1.17. The standard InChI is InChI=1S/C17H20FN3O/c1-12(2)8-9-19-15-6-7-16(20-11-15)21-17(22)13-4-3-5-14(18)10-13/h3-7,10-12,19H,8-9H2,1-2H3,(H,20,21,22). The zero-order valence-electron chi connectivity index (χ0n) is 12.8. The van der Waals surface area contributed by atoms with Gasteiger partial charge in [0, 0.05) is 12.1 Å². The Bertz CT molecular complexity index is 626. The molecule has 0 radical (unpaired) electrons. The lowest BCUT2D eigenvalue weighted by Gasteiger charge is -2.09. The maximum atomic E-state index is 13.1. The smallest absolute Gasteiger partial charge is 0.256 e. The Morgan fingerprint density at radius 2 is 2.09 bits per heavy atom.